The number of aromatic nitrogens is 3. The van der Waals surface area contributed by atoms with Gasteiger partial charge >= 0.3 is 0 Å². The first-order chi connectivity index (χ1) is 12.7. The van der Waals surface area contributed by atoms with Crippen molar-refractivity contribution in [2.75, 3.05) is 0 Å². The molecule has 1 aromatic heterocycles. The third-order valence-electron chi connectivity index (χ3n) is 4.11. The summed E-state index contributed by atoms with van der Waals surface area (Å²) in [6.07, 6.45) is 0.475. The molecule has 0 atom stereocenters. The van der Waals surface area contributed by atoms with E-state index in [4.69, 9.17) is 4.98 Å². The van der Waals surface area contributed by atoms with E-state index in [1.165, 1.54) is 6.07 Å². The standard InChI is InChI=1S/C21H17N3O2/c25-18-12-11-15(13-19(18)26)14-20-22-21(16-7-3-1-4-8-16)23-24(20)17-9-5-2-6-10-17/h1-13,25-26H,14H2. The van der Waals surface area contributed by atoms with E-state index >= 15 is 0 Å². The molecule has 2 N–H and O–H groups in total. The number of rotatable bonds is 4. The summed E-state index contributed by atoms with van der Waals surface area (Å²) in [7, 11) is 0. The fourth-order valence-corrected chi connectivity index (χ4v) is 2.81. The minimum absolute atomic E-state index is 0.136. The van der Waals surface area contributed by atoms with E-state index in [1.54, 1.807) is 12.1 Å². The highest BCUT2D eigenvalue weighted by molar-refractivity contribution is 5.55. The molecule has 3 aromatic carbocycles. The van der Waals surface area contributed by atoms with Crippen LogP contribution in [0.4, 0.5) is 0 Å². The van der Waals surface area contributed by atoms with Gasteiger partial charge in [0.25, 0.3) is 0 Å². The summed E-state index contributed by atoms with van der Waals surface area (Å²) in [5.41, 5.74) is 2.70. The van der Waals surface area contributed by atoms with Crippen molar-refractivity contribution in [3.8, 4) is 28.6 Å². The van der Waals surface area contributed by atoms with Crippen molar-refractivity contribution in [3.63, 3.8) is 0 Å². The van der Waals surface area contributed by atoms with Gasteiger partial charge in [0.1, 0.15) is 5.82 Å². The third-order valence-corrected chi connectivity index (χ3v) is 4.11. The van der Waals surface area contributed by atoms with Gasteiger partial charge in [-0.3, -0.25) is 0 Å². The molecule has 0 aliphatic carbocycles. The number of hydrogen-bond donors (Lipinski definition) is 2. The maximum atomic E-state index is 9.75. The van der Waals surface area contributed by atoms with Gasteiger partial charge in [-0.05, 0) is 29.8 Å². The third kappa shape index (κ3) is 3.15. The Balaban J connectivity index is 1.79. The van der Waals surface area contributed by atoms with Crippen molar-refractivity contribution in [2.45, 2.75) is 6.42 Å². The van der Waals surface area contributed by atoms with Crippen LogP contribution in [0, 0.1) is 0 Å². The second-order valence-electron chi connectivity index (χ2n) is 5.96. The molecule has 1 heterocycles. The van der Waals surface area contributed by atoms with E-state index in [9.17, 15) is 10.2 Å². The zero-order valence-electron chi connectivity index (χ0n) is 13.9. The lowest BCUT2D eigenvalue weighted by atomic mass is 10.1. The zero-order chi connectivity index (χ0) is 17.9. The van der Waals surface area contributed by atoms with Crippen molar-refractivity contribution in [2.24, 2.45) is 0 Å². The first kappa shape index (κ1) is 15.9. The predicted molar refractivity (Wildman–Crippen MR) is 99.4 cm³/mol. The lowest BCUT2D eigenvalue weighted by molar-refractivity contribution is 0.403. The molecule has 0 bridgehead atoms. The Bertz CT molecular complexity index is 1030. The fraction of sp³-hybridized carbons (Fsp3) is 0.0476. The van der Waals surface area contributed by atoms with E-state index in [0.717, 1.165) is 22.6 Å². The quantitative estimate of drug-likeness (QED) is 0.551. The van der Waals surface area contributed by atoms with Crippen LogP contribution in [-0.4, -0.2) is 25.0 Å². The highest BCUT2D eigenvalue weighted by Gasteiger charge is 2.14. The molecule has 0 fully saturated rings. The van der Waals surface area contributed by atoms with Gasteiger partial charge < -0.3 is 10.2 Å². The van der Waals surface area contributed by atoms with Crippen LogP contribution in [-0.2, 0) is 6.42 Å². The Labute approximate surface area is 150 Å². The van der Waals surface area contributed by atoms with Gasteiger partial charge in [0.05, 0.1) is 5.69 Å². The molecule has 0 aliphatic heterocycles. The van der Waals surface area contributed by atoms with Gasteiger partial charge in [-0.25, -0.2) is 9.67 Å². The monoisotopic (exact) mass is 343 g/mol. The highest BCUT2D eigenvalue weighted by atomic mass is 16.3. The van der Waals surface area contributed by atoms with Crippen LogP contribution in [0.5, 0.6) is 11.5 Å². The molecule has 4 aromatic rings. The van der Waals surface area contributed by atoms with E-state index in [1.807, 2.05) is 65.3 Å². The number of phenolic OH excluding ortho intramolecular Hbond substituents is 2. The van der Waals surface area contributed by atoms with Crippen LogP contribution in [0.3, 0.4) is 0 Å². The van der Waals surface area contributed by atoms with Gasteiger partial charge in [-0.15, -0.1) is 5.10 Å². The smallest absolute Gasteiger partial charge is 0.181 e. The first-order valence-corrected chi connectivity index (χ1v) is 8.28. The molecule has 26 heavy (non-hydrogen) atoms. The maximum absolute atomic E-state index is 9.75. The van der Waals surface area contributed by atoms with Crippen LogP contribution in [0.25, 0.3) is 17.1 Å². The molecule has 0 amide bonds. The van der Waals surface area contributed by atoms with E-state index < -0.39 is 0 Å². The van der Waals surface area contributed by atoms with Crippen molar-refractivity contribution in [3.05, 3.63) is 90.3 Å². The summed E-state index contributed by atoms with van der Waals surface area (Å²) >= 11 is 0. The second-order valence-corrected chi connectivity index (χ2v) is 5.96. The molecule has 128 valence electrons. The Morgan fingerprint density at radius 1 is 0.769 bits per heavy atom. The zero-order valence-corrected chi connectivity index (χ0v) is 13.9. The van der Waals surface area contributed by atoms with E-state index in [2.05, 4.69) is 5.10 Å². The minimum Gasteiger partial charge on any atom is -0.504 e. The largest absolute Gasteiger partial charge is 0.504 e. The molecule has 5 heteroatoms. The number of nitrogens with zero attached hydrogens (tertiary/aromatic N) is 3. The van der Waals surface area contributed by atoms with Crippen molar-refractivity contribution < 1.29 is 10.2 Å². The van der Waals surface area contributed by atoms with Gasteiger partial charge in [-0.2, -0.15) is 0 Å². The topological polar surface area (TPSA) is 71.2 Å². The van der Waals surface area contributed by atoms with Crippen LogP contribution >= 0.6 is 0 Å². The van der Waals surface area contributed by atoms with Gasteiger partial charge in [-0.1, -0.05) is 54.6 Å². The Kier molecular flexibility index (Phi) is 4.11. The van der Waals surface area contributed by atoms with Crippen molar-refractivity contribution in [1.29, 1.82) is 0 Å². The maximum Gasteiger partial charge on any atom is 0.181 e. The van der Waals surface area contributed by atoms with Crippen LogP contribution < -0.4 is 0 Å². The van der Waals surface area contributed by atoms with Crippen LogP contribution in [0.2, 0.25) is 0 Å². The summed E-state index contributed by atoms with van der Waals surface area (Å²) < 4.78 is 1.81. The first-order valence-electron chi connectivity index (χ1n) is 8.28. The molecule has 0 saturated carbocycles. The fourth-order valence-electron chi connectivity index (χ4n) is 2.81. The van der Waals surface area contributed by atoms with Gasteiger partial charge in [0.15, 0.2) is 17.3 Å². The molecule has 5 nitrogen and oxygen atoms in total. The van der Waals surface area contributed by atoms with Gasteiger partial charge in [0.2, 0.25) is 0 Å². The Morgan fingerprint density at radius 2 is 1.46 bits per heavy atom. The number of benzene rings is 3. The lowest BCUT2D eigenvalue weighted by Crippen LogP contribution is -2.03. The molecule has 0 aliphatic rings. The summed E-state index contributed by atoms with van der Waals surface area (Å²) in [5, 5.41) is 23.9. The lowest BCUT2D eigenvalue weighted by Gasteiger charge is -2.06. The average Bonchev–Trinajstić information content (AvgIpc) is 3.10. The minimum atomic E-state index is -0.142. The predicted octanol–water partition coefficient (Wildman–Crippen LogP) is 3.94. The van der Waals surface area contributed by atoms with Crippen LogP contribution in [0.15, 0.2) is 78.9 Å². The number of aromatic hydroxyl groups is 2. The molecule has 4 rings (SSSR count). The number of hydrogen-bond acceptors (Lipinski definition) is 4. The molecule has 0 unspecified atom stereocenters. The number of para-hydroxylation sites is 1. The molecule has 0 radical (unpaired) electrons. The molecular weight excluding hydrogens is 326 g/mol. The van der Waals surface area contributed by atoms with Crippen molar-refractivity contribution >= 4 is 0 Å². The SMILES string of the molecule is Oc1ccc(Cc2nc(-c3ccccc3)nn2-c2ccccc2)cc1O. The Hall–Kier alpha value is -3.60. The van der Waals surface area contributed by atoms with E-state index in [-0.39, 0.29) is 11.5 Å². The summed E-state index contributed by atoms with van der Waals surface area (Å²) in [4.78, 5) is 4.71. The number of phenols is 2. The van der Waals surface area contributed by atoms with E-state index in [0.29, 0.717) is 12.2 Å². The van der Waals surface area contributed by atoms with Gasteiger partial charge in [0, 0.05) is 12.0 Å². The highest BCUT2D eigenvalue weighted by Crippen LogP contribution is 2.27. The molecule has 0 saturated heterocycles. The molecule has 0 spiro atoms. The van der Waals surface area contributed by atoms with Crippen molar-refractivity contribution in [1.82, 2.24) is 14.8 Å². The summed E-state index contributed by atoms with van der Waals surface area (Å²) in [6.45, 7) is 0. The van der Waals surface area contributed by atoms with Crippen LogP contribution in [0.1, 0.15) is 11.4 Å². The summed E-state index contributed by atoms with van der Waals surface area (Å²) in [5.74, 6) is 1.12. The normalized spacial score (nSPS) is 10.8. The molecular formula is C21H17N3O2. The second kappa shape index (κ2) is 6.72. The Morgan fingerprint density at radius 3 is 2.15 bits per heavy atom. The average molecular weight is 343 g/mol. The summed E-state index contributed by atoms with van der Waals surface area (Å²) in [6, 6.07) is 24.4.